The van der Waals surface area contributed by atoms with E-state index in [0.29, 0.717) is 0 Å². The van der Waals surface area contributed by atoms with Crippen LogP contribution < -0.4 is 4.74 Å². The highest BCUT2D eigenvalue weighted by Crippen LogP contribution is 2.25. The van der Waals surface area contributed by atoms with Crippen LogP contribution in [-0.2, 0) is 6.54 Å². The maximum Gasteiger partial charge on any atom is 0.122 e. The van der Waals surface area contributed by atoms with Crippen molar-refractivity contribution in [3.63, 3.8) is 0 Å². The van der Waals surface area contributed by atoms with E-state index >= 15 is 0 Å². The topological polar surface area (TPSA) is 36.3 Å². The Labute approximate surface area is 110 Å². The van der Waals surface area contributed by atoms with Gasteiger partial charge in [0.15, 0.2) is 0 Å². The second kappa shape index (κ2) is 5.41. The number of nitrogens with zero attached hydrogens (tertiary/aromatic N) is 2. The van der Waals surface area contributed by atoms with Gasteiger partial charge in [-0.15, -0.1) is 0 Å². The molecule has 0 radical (unpaired) electrons. The van der Waals surface area contributed by atoms with Gasteiger partial charge in [0.25, 0.3) is 0 Å². The van der Waals surface area contributed by atoms with Gasteiger partial charge < -0.3 is 4.74 Å². The molecule has 0 bridgehead atoms. The number of rotatable bonds is 4. The van der Waals surface area contributed by atoms with Crippen LogP contribution in [-0.4, -0.2) is 24.6 Å². The number of methoxy groups -OCH3 is 1. The summed E-state index contributed by atoms with van der Waals surface area (Å²) in [6, 6.07) is 6.38. The maximum atomic E-state index is 9.14. The third kappa shape index (κ3) is 2.83. The highest BCUT2D eigenvalue weighted by Gasteiger charge is 2.23. The summed E-state index contributed by atoms with van der Waals surface area (Å²) in [7, 11) is 3.66. The third-order valence-corrected chi connectivity index (χ3v) is 3.70. The van der Waals surface area contributed by atoms with Gasteiger partial charge in [-0.3, -0.25) is 4.90 Å². The quantitative estimate of drug-likeness (QED) is 0.819. The van der Waals surface area contributed by atoms with Crippen LogP contribution in [0.25, 0.3) is 0 Å². The van der Waals surface area contributed by atoms with Crippen LogP contribution in [0.1, 0.15) is 30.5 Å². The van der Waals surface area contributed by atoms with Gasteiger partial charge in [0, 0.05) is 6.54 Å². The van der Waals surface area contributed by atoms with Crippen molar-refractivity contribution in [3.05, 3.63) is 28.8 Å². The van der Waals surface area contributed by atoms with Crippen molar-refractivity contribution in [1.29, 1.82) is 5.26 Å². The van der Waals surface area contributed by atoms with Crippen LogP contribution in [0.15, 0.2) is 12.1 Å². The van der Waals surface area contributed by atoms with E-state index in [9.17, 15) is 0 Å². The van der Waals surface area contributed by atoms with Crippen LogP contribution in [0.4, 0.5) is 0 Å². The molecule has 1 aromatic rings. The van der Waals surface area contributed by atoms with Gasteiger partial charge in [-0.2, -0.15) is 5.26 Å². The van der Waals surface area contributed by atoms with E-state index in [4.69, 9.17) is 10.00 Å². The molecule has 0 N–H and O–H groups in total. The van der Waals surface area contributed by atoms with Crippen molar-refractivity contribution in [2.45, 2.75) is 39.8 Å². The predicted octanol–water partition coefficient (Wildman–Crippen LogP) is 3.05. The van der Waals surface area contributed by atoms with Crippen molar-refractivity contribution in [2.75, 3.05) is 14.2 Å². The van der Waals surface area contributed by atoms with Gasteiger partial charge in [-0.1, -0.05) is 6.07 Å². The molecule has 1 aromatic carbocycles. The monoisotopic (exact) mass is 246 g/mol. The minimum absolute atomic E-state index is 0.458. The SMILES string of the molecule is COc1ccc(CN(C)C(C)(C)C#N)c(C)c1C. The van der Waals surface area contributed by atoms with Crippen molar-refractivity contribution < 1.29 is 4.74 Å². The van der Waals surface area contributed by atoms with Gasteiger partial charge in [0.05, 0.1) is 13.2 Å². The van der Waals surface area contributed by atoms with E-state index in [1.165, 1.54) is 11.1 Å². The van der Waals surface area contributed by atoms with Crippen molar-refractivity contribution in [3.8, 4) is 11.8 Å². The fraction of sp³-hybridized carbons (Fsp3) is 0.533. The summed E-state index contributed by atoms with van der Waals surface area (Å²) in [5.41, 5.74) is 3.17. The minimum Gasteiger partial charge on any atom is -0.496 e. The minimum atomic E-state index is -0.458. The molecule has 0 aromatic heterocycles. The molecule has 0 aliphatic rings. The molecule has 0 saturated carbocycles. The van der Waals surface area contributed by atoms with Crippen LogP contribution in [0, 0.1) is 25.2 Å². The van der Waals surface area contributed by atoms with E-state index in [-0.39, 0.29) is 0 Å². The molecule has 1 rings (SSSR count). The third-order valence-electron chi connectivity index (χ3n) is 3.70. The number of hydrogen-bond donors (Lipinski definition) is 0. The molecule has 0 heterocycles. The first-order valence-corrected chi connectivity index (χ1v) is 6.09. The van der Waals surface area contributed by atoms with Gasteiger partial charge in [0.2, 0.25) is 0 Å². The molecule has 3 heteroatoms. The average molecular weight is 246 g/mol. The molecule has 3 nitrogen and oxygen atoms in total. The zero-order valence-corrected chi connectivity index (χ0v) is 12.2. The lowest BCUT2D eigenvalue weighted by atomic mass is 9.99. The number of benzene rings is 1. The molecular weight excluding hydrogens is 224 g/mol. The van der Waals surface area contributed by atoms with Gasteiger partial charge >= 0.3 is 0 Å². The largest absolute Gasteiger partial charge is 0.496 e. The molecule has 0 amide bonds. The second-order valence-electron chi connectivity index (χ2n) is 5.20. The molecule has 0 spiro atoms. The fourth-order valence-corrected chi connectivity index (χ4v) is 1.78. The summed E-state index contributed by atoms with van der Waals surface area (Å²) < 4.78 is 5.31. The Kier molecular flexibility index (Phi) is 4.37. The Bertz CT molecular complexity index is 472. The van der Waals surface area contributed by atoms with Gasteiger partial charge in [-0.05, 0) is 57.5 Å². The molecule has 0 saturated heterocycles. The van der Waals surface area contributed by atoms with E-state index < -0.39 is 5.54 Å². The Morgan fingerprint density at radius 3 is 2.39 bits per heavy atom. The molecule has 0 aliphatic carbocycles. The van der Waals surface area contributed by atoms with Gasteiger partial charge in [0.1, 0.15) is 11.3 Å². The first-order valence-electron chi connectivity index (χ1n) is 6.09. The zero-order valence-electron chi connectivity index (χ0n) is 12.2. The molecule has 98 valence electrons. The Morgan fingerprint density at radius 1 is 1.28 bits per heavy atom. The summed E-state index contributed by atoms with van der Waals surface area (Å²) in [4.78, 5) is 2.06. The van der Waals surface area contributed by atoms with E-state index in [0.717, 1.165) is 17.9 Å². The van der Waals surface area contributed by atoms with Gasteiger partial charge in [-0.25, -0.2) is 0 Å². The van der Waals surface area contributed by atoms with Crippen LogP contribution in [0.2, 0.25) is 0 Å². The summed E-state index contributed by atoms with van der Waals surface area (Å²) in [6.45, 7) is 8.78. The molecular formula is C15H22N2O. The standard InChI is InChI=1S/C15H22N2O/c1-11-12(2)14(18-6)8-7-13(11)9-17(5)15(3,4)10-16/h7-8H,9H2,1-6H3. The number of nitriles is 1. The Balaban J connectivity index is 3.01. The molecule has 0 atom stereocenters. The van der Waals surface area contributed by atoms with E-state index in [1.807, 2.05) is 27.0 Å². The second-order valence-corrected chi connectivity index (χ2v) is 5.20. The lowest BCUT2D eigenvalue weighted by Gasteiger charge is -2.29. The summed E-state index contributed by atoms with van der Waals surface area (Å²) in [6.07, 6.45) is 0. The Morgan fingerprint density at radius 2 is 1.89 bits per heavy atom. The zero-order chi connectivity index (χ0) is 13.9. The molecule has 0 fully saturated rings. The van der Waals surface area contributed by atoms with Crippen LogP contribution in [0.5, 0.6) is 5.75 Å². The van der Waals surface area contributed by atoms with Crippen LogP contribution >= 0.6 is 0 Å². The highest BCUT2D eigenvalue weighted by atomic mass is 16.5. The van der Waals surface area contributed by atoms with E-state index in [2.05, 4.69) is 30.9 Å². The lowest BCUT2D eigenvalue weighted by molar-refractivity contribution is 0.202. The first-order chi connectivity index (χ1) is 8.33. The van der Waals surface area contributed by atoms with Crippen LogP contribution in [0.3, 0.4) is 0 Å². The average Bonchev–Trinajstić information content (AvgIpc) is 2.35. The summed E-state index contributed by atoms with van der Waals surface area (Å²) >= 11 is 0. The normalized spacial score (nSPS) is 11.4. The summed E-state index contributed by atoms with van der Waals surface area (Å²) in [5, 5.41) is 9.14. The Hall–Kier alpha value is -1.53. The number of ether oxygens (including phenoxy) is 1. The lowest BCUT2D eigenvalue weighted by Crippen LogP contribution is -2.39. The molecule has 18 heavy (non-hydrogen) atoms. The smallest absolute Gasteiger partial charge is 0.122 e. The highest BCUT2D eigenvalue weighted by molar-refractivity contribution is 5.43. The van der Waals surface area contributed by atoms with Crippen molar-refractivity contribution in [2.24, 2.45) is 0 Å². The number of hydrogen-bond acceptors (Lipinski definition) is 3. The predicted molar refractivity (Wildman–Crippen MR) is 73.6 cm³/mol. The van der Waals surface area contributed by atoms with E-state index in [1.54, 1.807) is 7.11 Å². The summed E-state index contributed by atoms with van der Waals surface area (Å²) in [5.74, 6) is 0.915. The first kappa shape index (κ1) is 14.5. The molecule has 0 aliphatic heterocycles. The van der Waals surface area contributed by atoms with Crippen molar-refractivity contribution >= 4 is 0 Å². The maximum absolute atomic E-state index is 9.14. The van der Waals surface area contributed by atoms with Crippen molar-refractivity contribution in [1.82, 2.24) is 4.90 Å². The fourth-order valence-electron chi connectivity index (χ4n) is 1.78. The molecule has 0 unspecified atom stereocenters.